The van der Waals surface area contributed by atoms with Gasteiger partial charge in [-0.1, -0.05) is 17.8 Å². The third kappa shape index (κ3) is 5.87. The van der Waals surface area contributed by atoms with Crippen molar-refractivity contribution >= 4 is 50.9 Å². The zero-order valence-electron chi connectivity index (χ0n) is 21.7. The molecule has 8 nitrogen and oxygen atoms in total. The highest BCUT2D eigenvalue weighted by Crippen LogP contribution is 2.40. The fourth-order valence-corrected chi connectivity index (χ4v) is 5.67. The third-order valence-corrected chi connectivity index (χ3v) is 7.58. The van der Waals surface area contributed by atoms with E-state index < -0.39 is 5.97 Å². The van der Waals surface area contributed by atoms with Gasteiger partial charge in [-0.2, -0.15) is 0 Å². The van der Waals surface area contributed by atoms with Crippen LogP contribution in [0.2, 0.25) is 0 Å². The van der Waals surface area contributed by atoms with Gasteiger partial charge < -0.3 is 24.3 Å². The summed E-state index contributed by atoms with van der Waals surface area (Å²) in [5, 5.41) is 6.88. The fraction of sp³-hybridized carbons (Fsp3) is 0.250. The van der Waals surface area contributed by atoms with E-state index in [1.165, 1.54) is 23.1 Å². The van der Waals surface area contributed by atoms with Crippen LogP contribution in [0, 0.1) is 6.92 Å². The van der Waals surface area contributed by atoms with Crippen LogP contribution < -0.4 is 19.5 Å². The number of methoxy groups -OCH3 is 3. The molecular formula is C28H28N2O6S2. The van der Waals surface area contributed by atoms with Crippen LogP contribution in [0.25, 0.3) is 22.0 Å². The van der Waals surface area contributed by atoms with Crippen LogP contribution in [0.15, 0.2) is 52.9 Å². The zero-order valence-corrected chi connectivity index (χ0v) is 23.4. The number of carbonyl (C=O) groups excluding carboxylic acids is 2. The molecule has 0 saturated heterocycles. The van der Waals surface area contributed by atoms with E-state index in [9.17, 15) is 9.59 Å². The Balaban J connectivity index is 1.56. The van der Waals surface area contributed by atoms with Gasteiger partial charge in [-0.25, -0.2) is 9.78 Å². The minimum Gasteiger partial charge on any atom is -0.497 e. The Labute approximate surface area is 229 Å². The normalized spacial score (nSPS) is 10.8. The molecular weight excluding hydrogens is 524 g/mol. The van der Waals surface area contributed by atoms with Crippen LogP contribution in [0.4, 0.5) is 5.00 Å². The molecule has 2 aromatic carbocycles. The lowest BCUT2D eigenvalue weighted by Crippen LogP contribution is -2.16. The van der Waals surface area contributed by atoms with Gasteiger partial charge in [0.25, 0.3) is 0 Å². The Morgan fingerprint density at radius 2 is 1.79 bits per heavy atom. The molecule has 0 aliphatic rings. The number of benzene rings is 2. The molecule has 2 heterocycles. The van der Waals surface area contributed by atoms with Crippen molar-refractivity contribution < 1.29 is 28.5 Å². The molecule has 0 spiro atoms. The van der Waals surface area contributed by atoms with E-state index in [1.54, 1.807) is 40.4 Å². The monoisotopic (exact) mass is 552 g/mol. The first kappa shape index (κ1) is 27.3. The first-order valence-electron chi connectivity index (χ1n) is 11.8. The summed E-state index contributed by atoms with van der Waals surface area (Å²) in [6, 6.07) is 13.1. The summed E-state index contributed by atoms with van der Waals surface area (Å²) in [6.45, 7) is 3.96. The summed E-state index contributed by atoms with van der Waals surface area (Å²) in [4.78, 5) is 30.5. The first-order valence-corrected chi connectivity index (χ1v) is 13.6. The number of rotatable bonds is 10. The van der Waals surface area contributed by atoms with Crippen molar-refractivity contribution in [3.05, 3.63) is 59.0 Å². The number of carbonyl (C=O) groups is 2. The second-order valence-corrected chi connectivity index (χ2v) is 10.0. The lowest BCUT2D eigenvalue weighted by Gasteiger charge is -2.11. The fourth-order valence-electron chi connectivity index (χ4n) is 3.93. The topological polar surface area (TPSA) is 96.0 Å². The van der Waals surface area contributed by atoms with Gasteiger partial charge in [0.15, 0.2) is 11.5 Å². The van der Waals surface area contributed by atoms with E-state index in [1.807, 2.05) is 42.6 Å². The van der Waals surface area contributed by atoms with Gasteiger partial charge in [0.05, 0.1) is 44.2 Å². The van der Waals surface area contributed by atoms with E-state index in [4.69, 9.17) is 18.9 Å². The first-order chi connectivity index (χ1) is 18.4. The zero-order chi connectivity index (χ0) is 27.2. The second-order valence-electron chi connectivity index (χ2n) is 8.14. The molecule has 0 aliphatic carbocycles. The van der Waals surface area contributed by atoms with Crippen molar-refractivity contribution in [3.8, 4) is 28.4 Å². The number of thioether (sulfide) groups is 1. The lowest BCUT2D eigenvalue weighted by molar-refractivity contribution is -0.113. The van der Waals surface area contributed by atoms with E-state index >= 15 is 0 Å². The Morgan fingerprint density at radius 3 is 2.50 bits per heavy atom. The Morgan fingerprint density at radius 1 is 1.00 bits per heavy atom. The number of nitrogens with zero attached hydrogens (tertiary/aromatic N) is 1. The molecule has 0 unspecified atom stereocenters. The highest BCUT2D eigenvalue weighted by Gasteiger charge is 2.24. The van der Waals surface area contributed by atoms with Crippen LogP contribution in [0.3, 0.4) is 0 Å². The average Bonchev–Trinajstić information content (AvgIpc) is 3.34. The van der Waals surface area contributed by atoms with E-state index in [0.29, 0.717) is 27.6 Å². The summed E-state index contributed by atoms with van der Waals surface area (Å²) in [5.41, 5.74) is 3.54. The molecule has 0 atom stereocenters. The molecule has 2 aromatic heterocycles. The summed E-state index contributed by atoms with van der Waals surface area (Å²) in [6.07, 6.45) is 0. The minimum absolute atomic E-state index is 0.119. The largest absolute Gasteiger partial charge is 0.497 e. The lowest BCUT2D eigenvalue weighted by atomic mass is 10.0. The van der Waals surface area contributed by atoms with Crippen LogP contribution in [0.5, 0.6) is 17.2 Å². The predicted molar refractivity (Wildman–Crippen MR) is 151 cm³/mol. The number of aromatic nitrogens is 1. The van der Waals surface area contributed by atoms with Crippen molar-refractivity contribution in [1.82, 2.24) is 4.98 Å². The summed E-state index contributed by atoms with van der Waals surface area (Å²) < 4.78 is 21.4. The molecule has 4 aromatic rings. The number of thiophene rings is 1. The molecule has 0 aliphatic heterocycles. The van der Waals surface area contributed by atoms with E-state index in [-0.39, 0.29) is 18.3 Å². The maximum absolute atomic E-state index is 12.9. The molecule has 10 heteroatoms. The molecule has 1 N–H and O–H groups in total. The standard InChI is InChI=1S/C28H28N2O6S2/c1-6-36-28(32)26-20(17-7-10-22(34-4)23(12-17)35-5)14-38-27(26)30-24(31)15-37-25-11-16(2)19-9-8-18(33-3)13-21(19)29-25/h7-14H,6,15H2,1-5H3,(H,30,31). The van der Waals surface area contributed by atoms with Gasteiger partial charge >= 0.3 is 5.97 Å². The number of nitrogens with one attached hydrogen (secondary N) is 1. The minimum atomic E-state index is -0.512. The maximum atomic E-state index is 12.9. The number of amides is 1. The number of hydrogen-bond donors (Lipinski definition) is 1. The van der Waals surface area contributed by atoms with Gasteiger partial charge in [0.1, 0.15) is 16.3 Å². The third-order valence-electron chi connectivity index (χ3n) is 5.77. The highest BCUT2D eigenvalue weighted by molar-refractivity contribution is 7.99. The Hall–Kier alpha value is -3.76. The van der Waals surface area contributed by atoms with Crippen molar-refractivity contribution in [2.75, 3.05) is 39.0 Å². The highest BCUT2D eigenvalue weighted by atomic mass is 32.2. The van der Waals surface area contributed by atoms with Crippen molar-refractivity contribution in [2.24, 2.45) is 0 Å². The molecule has 1 amide bonds. The van der Waals surface area contributed by atoms with Crippen molar-refractivity contribution in [3.63, 3.8) is 0 Å². The molecule has 38 heavy (non-hydrogen) atoms. The summed E-state index contributed by atoms with van der Waals surface area (Å²) in [5.74, 6) is 1.18. The van der Waals surface area contributed by atoms with Crippen molar-refractivity contribution in [2.45, 2.75) is 18.9 Å². The molecule has 0 radical (unpaired) electrons. The van der Waals surface area contributed by atoms with Crippen LogP contribution in [-0.4, -0.2) is 50.5 Å². The molecule has 0 fully saturated rings. The number of aryl methyl sites for hydroxylation is 1. The van der Waals surface area contributed by atoms with Gasteiger partial charge in [-0.3, -0.25) is 4.79 Å². The number of hydrogen-bond acceptors (Lipinski definition) is 9. The van der Waals surface area contributed by atoms with E-state index in [0.717, 1.165) is 32.8 Å². The number of pyridine rings is 1. The molecule has 4 rings (SSSR count). The number of fused-ring (bicyclic) bond motifs is 1. The smallest absolute Gasteiger partial charge is 0.341 e. The number of ether oxygens (including phenoxy) is 4. The molecule has 0 saturated carbocycles. The van der Waals surface area contributed by atoms with E-state index in [2.05, 4.69) is 10.3 Å². The number of anilines is 1. The number of esters is 1. The van der Waals surface area contributed by atoms with Gasteiger partial charge in [0, 0.05) is 22.4 Å². The van der Waals surface area contributed by atoms with Gasteiger partial charge in [0.2, 0.25) is 5.91 Å². The predicted octanol–water partition coefficient (Wildman–Crippen LogP) is 6.21. The van der Waals surface area contributed by atoms with Crippen LogP contribution in [0.1, 0.15) is 22.8 Å². The van der Waals surface area contributed by atoms with Crippen LogP contribution >= 0.6 is 23.1 Å². The Bertz CT molecular complexity index is 1480. The maximum Gasteiger partial charge on any atom is 0.341 e. The summed E-state index contributed by atoms with van der Waals surface area (Å²) >= 11 is 2.58. The van der Waals surface area contributed by atoms with Crippen molar-refractivity contribution in [1.29, 1.82) is 0 Å². The van der Waals surface area contributed by atoms with Crippen LogP contribution in [-0.2, 0) is 9.53 Å². The molecule has 198 valence electrons. The van der Waals surface area contributed by atoms with Gasteiger partial charge in [-0.15, -0.1) is 11.3 Å². The SMILES string of the molecule is CCOC(=O)c1c(-c2ccc(OC)c(OC)c2)csc1NC(=O)CSc1cc(C)c2ccc(OC)cc2n1. The average molecular weight is 553 g/mol. The van der Waals surface area contributed by atoms with Gasteiger partial charge in [-0.05, 0) is 55.3 Å². The summed E-state index contributed by atoms with van der Waals surface area (Å²) in [7, 11) is 4.72. The molecule has 0 bridgehead atoms. The Kier molecular flexibility index (Phi) is 8.75. The second kappa shape index (κ2) is 12.2. The quantitative estimate of drug-likeness (QED) is 0.183.